The lowest BCUT2D eigenvalue weighted by molar-refractivity contribution is 0.199. The van der Waals surface area contributed by atoms with E-state index in [2.05, 4.69) is 16.8 Å². The van der Waals surface area contributed by atoms with Crippen molar-refractivity contribution >= 4 is 5.82 Å². The summed E-state index contributed by atoms with van der Waals surface area (Å²) in [5.74, 6) is 1.09. The molecule has 1 aromatic rings. The van der Waals surface area contributed by atoms with Crippen molar-refractivity contribution < 1.29 is 5.11 Å². The maximum Gasteiger partial charge on any atom is 0.131 e. The van der Waals surface area contributed by atoms with Crippen LogP contribution in [0.4, 0.5) is 5.82 Å². The predicted molar refractivity (Wildman–Crippen MR) is 65.7 cm³/mol. The molecule has 16 heavy (non-hydrogen) atoms. The first kappa shape index (κ1) is 11.4. The lowest BCUT2D eigenvalue weighted by atomic mass is 10.1. The Kier molecular flexibility index (Phi) is 3.44. The highest BCUT2D eigenvalue weighted by molar-refractivity contribution is 5.47. The van der Waals surface area contributed by atoms with Crippen molar-refractivity contribution in [3.05, 3.63) is 23.4 Å². The van der Waals surface area contributed by atoms with Crippen LogP contribution in [0.15, 0.2) is 12.3 Å². The first-order chi connectivity index (χ1) is 7.68. The molecule has 1 fully saturated rings. The number of aliphatic hydroxyl groups excluding tert-OH is 1. The number of aromatic nitrogens is 1. The minimum Gasteiger partial charge on any atom is -0.389 e. The van der Waals surface area contributed by atoms with E-state index in [1.165, 1.54) is 24.8 Å². The Balaban J connectivity index is 2.21. The van der Waals surface area contributed by atoms with Gasteiger partial charge < -0.3 is 10.0 Å². The van der Waals surface area contributed by atoms with Gasteiger partial charge >= 0.3 is 0 Å². The first-order valence-electron chi connectivity index (χ1n) is 6.08. The Bertz CT molecular complexity index is 357. The van der Waals surface area contributed by atoms with E-state index in [0.29, 0.717) is 0 Å². The third-order valence-electron chi connectivity index (χ3n) is 3.21. The number of piperidine rings is 1. The monoisotopic (exact) mass is 220 g/mol. The van der Waals surface area contributed by atoms with E-state index >= 15 is 0 Å². The molecule has 0 saturated carbocycles. The zero-order chi connectivity index (χ0) is 11.5. The highest BCUT2D eigenvalue weighted by Gasteiger charge is 2.14. The summed E-state index contributed by atoms with van der Waals surface area (Å²) in [4.78, 5) is 6.84. The molecule has 3 nitrogen and oxygen atoms in total. The molecular weight excluding hydrogens is 200 g/mol. The molecule has 1 saturated heterocycles. The Morgan fingerprint density at radius 2 is 2.00 bits per heavy atom. The van der Waals surface area contributed by atoms with Crippen LogP contribution < -0.4 is 4.90 Å². The molecule has 0 radical (unpaired) electrons. The molecule has 1 aliphatic heterocycles. The van der Waals surface area contributed by atoms with Crippen LogP contribution >= 0.6 is 0 Å². The molecule has 2 rings (SSSR count). The molecule has 1 unspecified atom stereocenters. The molecule has 1 atom stereocenters. The van der Waals surface area contributed by atoms with E-state index in [4.69, 9.17) is 0 Å². The van der Waals surface area contributed by atoms with E-state index in [9.17, 15) is 5.11 Å². The second-order valence-electron chi connectivity index (χ2n) is 4.63. The number of aliphatic hydroxyl groups is 1. The van der Waals surface area contributed by atoms with Gasteiger partial charge in [-0.2, -0.15) is 0 Å². The van der Waals surface area contributed by atoms with Gasteiger partial charge in [0.05, 0.1) is 6.10 Å². The van der Waals surface area contributed by atoms with Crippen LogP contribution in [0.1, 0.15) is 43.4 Å². The Morgan fingerprint density at radius 1 is 1.31 bits per heavy atom. The number of anilines is 1. The number of hydrogen-bond donors (Lipinski definition) is 1. The molecule has 3 heteroatoms. The quantitative estimate of drug-likeness (QED) is 0.831. The van der Waals surface area contributed by atoms with Gasteiger partial charge in [-0.1, -0.05) is 0 Å². The third-order valence-corrected chi connectivity index (χ3v) is 3.21. The number of nitrogens with zero attached hydrogens (tertiary/aromatic N) is 2. The summed E-state index contributed by atoms with van der Waals surface area (Å²) in [5.41, 5.74) is 2.07. The van der Waals surface area contributed by atoms with Crippen LogP contribution in [-0.4, -0.2) is 23.2 Å². The van der Waals surface area contributed by atoms with Gasteiger partial charge in [-0.25, -0.2) is 4.98 Å². The minimum atomic E-state index is -0.429. The van der Waals surface area contributed by atoms with Crippen molar-refractivity contribution in [2.24, 2.45) is 0 Å². The van der Waals surface area contributed by atoms with Gasteiger partial charge in [0, 0.05) is 19.3 Å². The molecule has 0 amide bonds. The topological polar surface area (TPSA) is 36.4 Å². The van der Waals surface area contributed by atoms with Crippen LogP contribution in [-0.2, 0) is 0 Å². The summed E-state index contributed by atoms with van der Waals surface area (Å²) in [6.07, 6.45) is 5.23. The van der Waals surface area contributed by atoms with Gasteiger partial charge in [0.25, 0.3) is 0 Å². The number of aryl methyl sites for hydroxylation is 1. The molecule has 0 aromatic carbocycles. The van der Waals surface area contributed by atoms with E-state index < -0.39 is 6.10 Å². The standard InChI is InChI=1S/C13H20N2O/c1-10-8-12(11(2)16)9-14-13(10)15-6-4-3-5-7-15/h8-9,11,16H,3-7H2,1-2H3. The van der Waals surface area contributed by atoms with Crippen LogP contribution in [0.5, 0.6) is 0 Å². The zero-order valence-corrected chi connectivity index (χ0v) is 10.1. The van der Waals surface area contributed by atoms with Crippen molar-refractivity contribution in [1.82, 2.24) is 4.98 Å². The molecule has 1 aromatic heterocycles. The fourth-order valence-electron chi connectivity index (χ4n) is 2.25. The maximum atomic E-state index is 9.50. The molecule has 0 spiro atoms. The lowest BCUT2D eigenvalue weighted by Crippen LogP contribution is -2.30. The molecule has 0 bridgehead atoms. The molecule has 2 heterocycles. The summed E-state index contributed by atoms with van der Waals surface area (Å²) >= 11 is 0. The van der Waals surface area contributed by atoms with E-state index in [1.54, 1.807) is 13.1 Å². The zero-order valence-electron chi connectivity index (χ0n) is 10.1. The van der Waals surface area contributed by atoms with Gasteiger partial charge in [0.2, 0.25) is 0 Å². The Labute approximate surface area is 97.1 Å². The Morgan fingerprint density at radius 3 is 2.56 bits per heavy atom. The van der Waals surface area contributed by atoms with Crippen molar-refractivity contribution in [2.45, 2.75) is 39.2 Å². The SMILES string of the molecule is Cc1cc(C(C)O)cnc1N1CCCCC1. The summed E-state index contributed by atoms with van der Waals surface area (Å²) in [5, 5.41) is 9.50. The highest BCUT2D eigenvalue weighted by atomic mass is 16.3. The fraction of sp³-hybridized carbons (Fsp3) is 0.615. The fourth-order valence-corrected chi connectivity index (χ4v) is 2.25. The number of rotatable bonds is 2. The molecule has 88 valence electrons. The second kappa shape index (κ2) is 4.83. The molecule has 1 aliphatic rings. The predicted octanol–water partition coefficient (Wildman–Crippen LogP) is 2.43. The van der Waals surface area contributed by atoms with Crippen LogP contribution in [0, 0.1) is 6.92 Å². The number of pyridine rings is 1. The molecular formula is C13H20N2O. The van der Waals surface area contributed by atoms with Gasteiger partial charge in [-0.15, -0.1) is 0 Å². The normalized spacial score (nSPS) is 18.6. The molecule has 1 N–H and O–H groups in total. The average Bonchev–Trinajstić information content (AvgIpc) is 2.30. The third kappa shape index (κ3) is 2.35. The van der Waals surface area contributed by atoms with Crippen molar-refractivity contribution in [2.75, 3.05) is 18.0 Å². The van der Waals surface area contributed by atoms with Crippen molar-refractivity contribution in [3.8, 4) is 0 Å². The average molecular weight is 220 g/mol. The van der Waals surface area contributed by atoms with Crippen molar-refractivity contribution in [3.63, 3.8) is 0 Å². The van der Waals surface area contributed by atoms with E-state index in [0.717, 1.165) is 24.5 Å². The number of hydrogen-bond acceptors (Lipinski definition) is 3. The summed E-state index contributed by atoms with van der Waals surface area (Å²) in [7, 11) is 0. The Hall–Kier alpha value is -1.09. The first-order valence-corrected chi connectivity index (χ1v) is 6.08. The smallest absolute Gasteiger partial charge is 0.131 e. The summed E-state index contributed by atoms with van der Waals surface area (Å²) in [6, 6.07) is 2.04. The van der Waals surface area contributed by atoms with Crippen molar-refractivity contribution in [1.29, 1.82) is 0 Å². The maximum absolute atomic E-state index is 9.50. The van der Waals surface area contributed by atoms with Gasteiger partial charge in [-0.3, -0.25) is 0 Å². The largest absolute Gasteiger partial charge is 0.389 e. The van der Waals surface area contributed by atoms with E-state index in [1.807, 2.05) is 6.07 Å². The van der Waals surface area contributed by atoms with Gasteiger partial charge in [-0.05, 0) is 50.3 Å². The van der Waals surface area contributed by atoms with Crippen LogP contribution in [0.25, 0.3) is 0 Å². The summed E-state index contributed by atoms with van der Waals surface area (Å²) in [6.45, 7) is 6.07. The molecule has 0 aliphatic carbocycles. The van der Waals surface area contributed by atoms with Gasteiger partial charge in [0.1, 0.15) is 5.82 Å². The van der Waals surface area contributed by atoms with Crippen LogP contribution in [0.2, 0.25) is 0 Å². The minimum absolute atomic E-state index is 0.429. The van der Waals surface area contributed by atoms with E-state index in [-0.39, 0.29) is 0 Å². The lowest BCUT2D eigenvalue weighted by Gasteiger charge is -2.29. The van der Waals surface area contributed by atoms with Gasteiger partial charge in [0.15, 0.2) is 0 Å². The summed E-state index contributed by atoms with van der Waals surface area (Å²) < 4.78 is 0. The van der Waals surface area contributed by atoms with Crippen LogP contribution in [0.3, 0.4) is 0 Å². The highest BCUT2D eigenvalue weighted by Crippen LogP contribution is 2.23. The second-order valence-corrected chi connectivity index (χ2v) is 4.63.